The summed E-state index contributed by atoms with van der Waals surface area (Å²) in [7, 11) is 1.36. The third-order valence-corrected chi connectivity index (χ3v) is 5.65. The van der Waals surface area contributed by atoms with Gasteiger partial charge in [-0.2, -0.15) is 0 Å². The smallest absolute Gasteiger partial charge is 0.337 e. The Morgan fingerprint density at radius 3 is 2.41 bits per heavy atom. The molecule has 0 bridgehead atoms. The van der Waals surface area contributed by atoms with Crippen molar-refractivity contribution < 1.29 is 18.7 Å². The Hall–Kier alpha value is -3.65. The van der Waals surface area contributed by atoms with E-state index in [0.29, 0.717) is 22.3 Å². The average molecular weight is 450 g/mol. The molecule has 0 N–H and O–H groups in total. The minimum atomic E-state index is -0.428. The van der Waals surface area contributed by atoms with Gasteiger partial charge in [0.15, 0.2) is 22.5 Å². The number of esters is 1. The van der Waals surface area contributed by atoms with Gasteiger partial charge in [-0.3, -0.25) is 4.57 Å². The van der Waals surface area contributed by atoms with E-state index in [1.54, 1.807) is 30.3 Å². The minimum absolute atomic E-state index is 0.0667. The molecule has 0 amide bonds. The van der Waals surface area contributed by atoms with E-state index in [0.717, 1.165) is 11.3 Å². The number of hydrogen-bond donors (Lipinski definition) is 0. The quantitative estimate of drug-likeness (QED) is 0.277. The van der Waals surface area contributed by atoms with E-state index in [1.165, 1.54) is 24.9 Å². The third kappa shape index (κ3) is 4.97. The topological polar surface area (TPSA) is 66.2 Å². The minimum Gasteiger partial charge on any atom is -0.483 e. The molecule has 0 spiro atoms. The maximum Gasteiger partial charge on any atom is 0.337 e. The summed E-state index contributed by atoms with van der Waals surface area (Å²) in [5.41, 5.74) is 2.41. The number of rotatable bonds is 8. The Kier molecular flexibility index (Phi) is 6.81. The van der Waals surface area contributed by atoms with Gasteiger partial charge in [-0.1, -0.05) is 54.2 Å². The summed E-state index contributed by atoms with van der Waals surface area (Å²) in [6.07, 6.45) is 0. The van der Waals surface area contributed by atoms with Gasteiger partial charge in [0.1, 0.15) is 6.61 Å². The van der Waals surface area contributed by atoms with Crippen molar-refractivity contribution in [3.63, 3.8) is 0 Å². The van der Waals surface area contributed by atoms with Crippen molar-refractivity contribution in [2.24, 2.45) is 0 Å². The van der Waals surface area contributed by atoms with Crippen molar-refractivity contribution in [2.45, 2.75) is 17.5 Å². The normalized spacial score (nSPS) is 10.7. The SMILES string of the molecule is COC(=O)c1ccc(CSc2nnc(COc3ccccc3F)n2-c2ccccc2)cc1. The molecule has 3 aromatic carbocycles. The highest BCUT2D eigenvalue weighted by Gasteiger charge is 2.16. The Bertz CT molecular complexity index is 1200. The van der Waals surface area contributed by atoms with Crippen molar-refractivity contribution in [1.29, 1.82) is 0 Å². The lowest BCUT2D eigenvalue weighted by Crippen LogP contribution is -2.07. The van der Waals surface area contributed by atoms with Gasteiger partial charge < -0.3 is 9.47 Å². The molecule has 4 aromatic rings. The van der Waals surface area contributed by atoms with Crippen LogP contribution in [0.4, 0.5) is 4.39 Å². The van der Waals surface area contributed by atoms with Crippen LogP contribution in [0.5, 0.6) is 5.75 Å². The fourth-order valence-electron chi connectivity index (χ4n) is 3.03. The molecule has 0 aliphatic heterocycles. The van der Waals surface area contributed by atoms with Gasteiger partial charge in [-0.15, -0.1) is 10.2 Å². The Morgan fingerprint density at radius 1 is 0.969 bits per heavy atom. The maximum atomic E-state index is 13.9. The number of thioether (sulfide) groups is 1. The number of ether oxygens (including phenoxy) is 2. The van der Waals surface area contributed by atoms with Gasteiger partial charge >= 0.3 is 5.97 Å². The number of aromatic nitrogens is 3. The van der Waals surface area contributed by atoms with Gasteiger partial charge in [-0.05, 0) is 42.0 Å². The molecule has 0 aliphatic rings. The molecule has 0 fully saturated rings. The van der Waals surface area contributed by atoms with E-state index in [1.807, 2.05) is 47.0 Å². The first-order valence-corrected chi connectivity index (χ1v) is 10.8. The molecule has 0 radical (unpaired) electrons. The fourth-order valence-corrected chi connectivity index (χ4v) is 3.96. The molecule has 32 heavy (non-hydrogen) atoms. The third-order valence-electron chi connectivity index (χ3n) is 4.65. The van der Waals surface area contributed by atoms with Crippen molar-refractivity contribution in [1.82, 2.24) is 14.8 Å². The monoisotopic (exact) mass is 449 g/mol. The summed E-state index contributed by atoms with van der Waals surface area (Å²) in [6.45, 7) is 0.0667. The first-order valence-electron chi connectivity index (χ1n) is 9.83. The van der Waals surface area contributed by atoms with Gasteiger partial charge in [0.2, 0.25) is 0 Å². The van der Waals surface area contributed by atoms with Crippen LogP contribution in [0.15, 0.2) is 84.0 Å². The van der Waals surface area contributed by atoms with Gasteiger partial charge in [-0.25, -0.2) is 9.18 Å². The molecule has 0 saturated carbocycles. The highest BCUT2D eigenvalue weighted by Crippen LogP contribution is 2.26. The van der Waals surface area contributed by atoms with E-state index in [2.05, 4.69) is 10.2 Å². The standard InChI is InChI=1S/C24H20FN3O3S/c1-30-23(29)18-13-11-17(12-14-18)16-32-24-27-26-22(28(24)19-7-3-2-4-8-19)15-31-21-10-6-5-9-20(21)25/h2-14H,15-16H2,1H3. The highest BCUT2D eigenvalue weighted by atomic mass is 32.2. The molecular formula is C24H20FN3O3S. The number of hydrogen-bond acceptors (Lipinski definition) is 6. The molecule has 8 heteroatoms. The van der Waals surface area contributed by atoms with Crippen LogP contribution in [0.1, 0.15) is 21.7 Å². The van der Waals surface area contributed by atoms with E-state index < -0.39 is 5.82 Å². The summed E-state index contributed by atoms with van der Waals surface area (Å²) in [4.78, 5) is 11.6. The fraction of sp³-hybridized carbons (Fsp3) is 0.125. The van der Waals surface area contributed by atoms with Crippen molar-refractivity contribution in [3.8, 4) is 11.4 Å². The molecule has 0 saturated heterocycles. The Labute approximate surface area is 189 Å². The number of halogens is 1. The number of carbonyl (C=O) groups is 1. The Balaban J connectivity index is 1.54. The number of para-hydroxylation sites is 2. The second-order valence-electron chi connectivity index (χ2n) is 6.77. The van der Waals surface area contributed by atoms with Crippen LogP contribution in [0.3, 0.4) is 0 Å². The number of methoxy groups -OCH3 is 1. The van der Waals surface area contributed by atoms with Gasteiger partial charge in [0.05, 0.1) is 12.7 Å². The maximum absolute atomic E-state index is 13.9. The predicted octanol–water partition coefficient (Wildman–Crippen LogP) is 5.06. The van der Waals surface area contributed by atoms with Crippen LogP contribution in [-0.2, 0) is 17.1 Å². The summed E-state index contributed by atoms with van der Waals surface area (Å²) in [5.74, 6) is 0.550. The lowest BCUT2D eigenvalue weighted by molar-refractivity contribution is 0.0600. The number of carbonyl (C=O) groups excluding carboxylic acids is 1. The average Bonchev–Trinajstić information content (AvgIpc) is 3.25. The molecule has 1 heterocycles. The zero-order valence-corrected chi connectivity index (χ0v) is 18.1. The zero-order valence-electron chi connectivity index (χ0n) is 17.3. The van der Waals surface area contributed by atoms with Crippen molar-refractivity contribution in [3.05, 3.63) is 102 Å². The van der Waals surface area contributed by atoms with Crippen LogP contribution in [0.25, 0.3) is 5.69 Å². The molecule has 6 nitrogen and oxygen atoms in total. The molecule has 0 atom stereocenters. The second-order valence-corrected chi connectivity index (χ2v) is 7.71. The van der Waals surface area contributed by atoms with Crippen LogP contribution in [0, 0.1) is 5.82 Å². The zero-order chi connectivity index (χ0) is 22.3. The summed E-state index contributed by atoms with van der Waals surface area (Å²) < 4.78 is 26.2. The number of nitrogens with zero attached hydrogens (tertiary/aromatic N) is 3. The lowest BCUT2D eigenvalue weighted by Gasteiger charge is -2.11. The summed E-state index contributed by atoms with van der Waals surface area (Å²) in [5, 5.41) is 9.29. The summed E-state index contributed by atoms with van der Waals surface area (Å²) in [6, 6.07) is 23.2. The largest absolute Gasteiger partial charge is 0.483 e. The van der Waals surface area contributed by atoms with Crippen LogP contribution < -0.4 is 4.74 Å². The highest BCUT2D eigenvalue weighted by molar-refractivity contribution is 7.98. The first kappa shape index (κ1) is 21.6. The van der Waals surface area contributed by atoms with E-state index in [-0.39, 0.29) is 18.3 Å². The molecule has 0 aliphatic carbocycles. The van der Waals surface area contributed by atoms with Gasteiger partial charge in [0, 0.05) is 11.4 Å². The number of benzene rings is 3. The molecule has 162 valence electrons. The molecular weight excluding hydrogens is 429 g/mol. The first-order chi connectivity index (χ1) is 15.7. The lowest BCUT2D eigenvalue weighted by atomic mass is 10.1. The van der Waals surface area contributed by atoms with Crippen LogP contribution >= 0.6 is 11.8 Å². The molecule has 4 rings (SSSR count). The van der Waals surface area contributed by atoms with E-state index in [4.69, 9.17) is 9.47 Å². The van der Waals surface area contributed by atoms with E-state index in [9.17, 15) is 9.18 Å². The van der Waals surface area contributed by atoms with Crippen molar-refractivity contribution >= 4 is 17.7 Å². The molecule has 1 aromatic heterocycles. The summed E-state index contributed by atoms with van der Waals surface area (Å²) >= 11 is 1.50. The van der Waals surface area contributed by atoms with Crippen LogP contribution in [-0.4, -0.2) is 27.8 Å². The van der Waals surface area contributed by atoms with Crippen LogP contribution in [0.2, 0.25) is 0 Å². The second kappa shape index (κ2) is 10.1. The van der Waals surface area contributed by atoms with Gasteiger partial charge in [0.25, 0.3) is 0 Å². The van der Waals surface area contributed by atoms with E-state index >= 15 is 0 Å². The molecule has 0 unspecified atom stereocenters. The Morgan fingerprint density at radius 2 is 1.69 bits per heavy atom. The predicted molar refractivity (Wildman–Crippen MR) is 119 cm³/mol. The van der Waals surface area contributed by atoms with Crippen molar-refractivity contribution in [2.75, 3.05) is 7.11 Å².